The van der Waals surface area contributed by atoms with Gasteiger partial charge in [-0.25, -0.2) is 5.90 Å². The van der Waals surface area contributed by atoms with Crippen LogP contribution >= 0.6 is 0 Å². The van der Waals surface area contributed by atoms with Crippen LogP contribution in [0.25, 0.3) is 0 Å². The molecule has 2 aromatic rings. The van der Waals surface area contributed by atoms with Crippen molar-refractivity contribution in [1.82, 2.24) is 10.2 Å². The number of piperazine rings is 1. The number of phenolic OH excluding ortho intramolecular Hbond substituents is 1. The number of hydrogen-bond acceptors (Lipinski definition) is 11. The molecule has 0 aromatic heterocycles. The number of carbonyl (C=O) groups excluding carboxylic acids is 1. The molecule has 4 aliphatic heterocycles. The van der Waals surface area contributed by atoms with Crippen LogP contribution in [0.2, 0.25) is 0 Å². The third-order valence-corrected chi connectivity index (χ3v) is 8.06. The molecule has 11 heteroatoms. The molecule has 38 heavy (non-hydrogen) atoms. The first-order chi connectivity index (χ1) is 18.5. The molecule has 0 aliphatic carbocycles. The van der Waals surface area contributed by atoms with Crippen LogP contribution in [0, 0.1) is 6.92 Å². The number of fused-ring (bicyclic) bond motifs is 9. The van der Waals surface area contributed by atoms with Crippen LogP contribution in [-0.4, -0.2) is 55.1 Å². The number of nitrogen functional groups attached to an aromatic ring is 1. The summed E-state index contributed by atoms with van der Waals surface area (Å²) in [6.45, 7) is 6.68. The van der Waals surface area contributed by atoms with Gasteiger partial charge in [0.1, 0.15) is 18.6 Å². The highest BCUT2D eigenvalue weighted by molar-refractivity contribution is 5.69. The zero-order valence-corrected chi connectivity index (χ0v) is 21.2. The van der Waals surface area contributed by atoms with Gasteiger partial charge in [-0.2, -0.15) is 0 Å². The maximum absolute atomic E-state index is 12.0. The van der Waals surface area contributed by atoms with Gasteiger partial charge in [0, 0.05) is 53.3 Å². The number of rotatable bonds is 8. The van der Waals surface area contributed by atoms with Gasteiger partial charge in [-0.3, -0.25) is 9.74 Å². The minimum Gasteiger partial charge on any atom is -0.503 e. The van der Waals surface area contributed by atoms with E-state index in [1.54, 1.807) is 6.08 Å². The summed E-state index contributed by atoms with van der Waals surface area (Å²) in [6.07, 6.45) is 4.23. The van der Waals surface area contributed by atoms with Gasteiger partial charge in [0.25, 0.3) is 0 Å². The third kappa shape index (κ3) is 3.69. The monoisotopic (exact) mass is 524 g/mol. The number of benzene rings is 2. The number of aldehydes is 1. The summed E-state index contributed by atoms with van der Waals surface area (Å²) in [4.78, 5) is 19.1. The number of anilines is 1. The summed E-state index contributed by atoms with van der Waals surface area (Å²) in [5, 5.41) is 14.6. The Kier molecular flexibility index (Phi) is 6.31. The Bertz CT molecular complexity index is 1300. The standard InChI is InChI=1S/C27H32N4O7/c1-3-6-34-24-13(2)25-27(36-11-35-25)21-16(24)9-19-22-20-14(8-17(28)23(33)26(20)37-12-38-29)7-15(30-22)10-31(19)18(21)4-5-32/h3,5,8,15,18-19,22,30,33H,1,4,6-7,9-12,28-29H2,2H3/t15-,18-,19?,22-/m0/s1. The molecule has 6 N–H and O–H groups in total. The van der Waals surface area contributed by atoms with Crippen LogP contribution in [0.5, 0.6) is 28.7 Å². The van der Waals surface area contributed by atoms with E-state index in [-0.39, 0.29) is 61.4 Å². The van der Waals surface area contributed by atoms with Crippen LogP contribution in [0.4, 0.5) is 5.69 Å². The van der Waals surface area contributed by atoms with E-state index < -0.39 is 0 Å². The summed E-state index contributed by atoms with van der Waals surface area (Å²) >= 11 is 0. The molecule has 0 saturated carbocycles. The van der Waals surface area contributed by atoms with Gasteiger partial charge in [-0.1, -0.05) is 12.7 Å². The Labute approximate surface area is 220 Å². The van der Waals surface area contributed by atoms with E-state index in [1.807, 2.05) is 13.0 Å². The minimum absolute atomic E-state index is 0.0854. The number of phenols is 1. The largest absolute Gasteiger partial charge is 0.503 e. The van der Waals surface area contributed by atoms with Gasteiger partial charge in [-0.05, 0) is 31.4 Å². The molecule has 0 radical (unpaired) electrons. The van der Waals surface area contributed by atoms with E-state index in [9.17, 15) is 9.90 Å². The normalized spacial score (nSPS) is 24.7. The second kappa shape index (κ2) is 9.66. The lowest BCUT2D eigenvalue weighted by Crippen LogP contribution is -2.63. The Morgan fingerprint density at radius 3 is 2.82 bits per heavy atom. The first-order valence-electron chi connectivity index (χ1n) is 12.7. The van der Waals surface area contributed by atoms with Gasteiger partial charge >= 0.3 is 0 Å². The van der Waals surface area contributed by atoms with Gasteiger partial charge in [0.05, 0.1) is 11.7 Å². The highest BCUT2D eigenvalue weighted by Crippen LogP contribution is 2.56. The third-order valence-electron chi connectivity index (χ3n) is 8.06. The number of nitrogens with one attached hydrogen (secondary N) is 1. The van der Waals surface area contributed by atoms with E-state index >= 15 is 0 Å². The first-order valence-corrected chi connectivity index (χ1v) is 12.7. The molecule has 4 aliphatic rings. The fraction of sp³-hybridized carbons (Fsp3) is 0.444. The molecule has 1 saturated heterocycles. The number of nitrogens with zero attached hydrogens (tertiary/aromatic N) is 1. The van der Waals surface area contributed by atoms with Crippen molar-refractivity contribution in [2.24, 2.45) is 5.90 Å². The van der Waals surface area contributed by atoms with Crippen LogP contribution < -0.4 is 35.9 Å². The van der Waals surface area contributed by atoms with E-state index in [1.165, 1.54) is 0 Å². The highest BCUT2D eigenvalue weighted by atomic mass is 16.7. The molecule has 202 valence electrons. The van der Waals surface area contributed by atoms with E-state index in [2.05, 4.69) is 21.6 Å². The van der Waals surface area contributed by atoms with Crippen molar-refractivity contribution < 1.29 is 33.7 Å². The second-order valence-electron chi connectivity index (χ2n) is 10.1. The van der Waals surface area contributed by atoms with Crippen molar-refractivity contribution in [2.75, 3.05) is 32.5 Å². The molecular weight excluding hydrogens is 492 g/mol. The fourth-order valence-corrected chi connectivity index (χ4v) is 6.70. The molecule has 0 spiro atoms. The Hall–Kier alpha value is -3.51. The van der Waals surface area contributed by atoms with Crippen molar-refractivity contribution in [3.8, 4) is 28.7 Å². The quantitative estimate of drug-likeness (QED) is 0.100. The minimum atomic E-state index is -0.243. The summed E-state index contributed by atoms with van der Waals surface area (Å²) in [7, 11) is 0. The summed E-state index contributed by atoms with van der Waals surface area (Å²) in [5.41, 5.74) is 11.0. The SMILES string of the molecule is C=CCOc1c(C)c2c(c3c1CC1[C@@H]4N[C@@H](Cc5cc(N)c(O)c(OCON)c54)CN1[C@H]3CC=O)OCO2. The van der Waals surface area contributed by atoms with Crippen LogP contribution in [0.3, 0.4) is 0 Å². The van der Waals surface area contributed by atoms with Gasteiger partial charge in [0.2, 0.25) is 13.6 Å². The van der Waals surface area contributed by atoms with Crippen molar-refractivity contribution in [1.29, 1.82) is 0 Å². The maximum atomic E-state index is 12.0. The fourth-order valence-electron chi connectivity index (χ4n) is 6.70. The molecule has 2 bridgehead atoms. The van der Waals surface area contributed by atoms with Crippen molar-refractivity contribution in [3.63, 3.8) is 0 Å². The van der Waals surface area contributed by atoms with Crippen LogP contribution in [-0.2, 0) is 22.5 Å². The van der Waals surface area contributed by atoms with Crippen LogP contribution in [0.1, 0.15) is 46.3 Å². The zero-order valence-electron chi connectivity index (χ0n) is 21.2. The lowest BCUT2D eigenvalue weighted by atomic mass is 9.74. The van der Waals surface area contributed by atoms with Crippen LogP contribution in [0.15, 0.2) is 18.7 Å². The number of nitrogens with two attached hydrogens (primary N) is 2. The average molecular weight is 525 g/mol. The lowest BCUT2D eigenvalue weighted by molar-refractivity contribution is -0.109. The molecule has 11 nitrogen and oxygen atoms in total. The van der Waals surface area contributed by atoms with E-state index in [0.29, 0.717) is 37.5 Å². The highest BCUT2D eigenvalue weighted by Gasteiger charge is 2.50. The first kappa shape index (κ1) is 24.8. The van der Waals surface area contributed by atoms with Crippen molar-refractivity contribution in [2.45, 2.75) is 50.4 Å². The Morgan fingerprint density at radius 2 is 2.05 bits per heavy atom. The molecule has 4 heterocycles. The predicted molar refractivity (Wildman–Crippen MR) is 137 cm³/mol. The van der Waals surface area contributed by atoms with Crippen molar-refractivity contribution in [3.05, 3.63) is 46.5 Å². The predicted octanol–water partition coefficient (Wildman–Crippen LogP) is 1.93. The average Bonchev–Trinajstić information content (AvgIpc) is 3.40. The summed E-state index contributed by atoms with van der Waals surface area (Å²) in [6, 6.07) is 1.37. The Morgan fingerprint density at radius 1 is 1.24 bits per heavy atom. The Balaban J connectivity index is 1.53. The van der Waals surface area contributed by atoms with E-state index in [0.717, 1.165) is 39.9 Å². The molecule has 0 amide bonds. The molecule has 4 atom stereocenters. The summed E-state index contributed by atoms with van der Waals surface area (Å²) < 4.78 is 23.8. The van der Waals surface area contributed by atoms with Gasteiger partial charge in [0.15, 0.2) is 23.0 Å². The molecule has 1 fully saturated rings. The summed E-state index contributed by atoms with van der Waals surface area (Å²) in [5.74, 6) is 7.42. The second-order valence-corrected chi connectivity index (χ2v) is 10.1. The molecule has 1 unspecified atom stereocenters. The number of aromatic hydroxyl groups is 1. The molecular formula is C27H32N4O7. The molecule has 2 aromatic carbocycles. The maximum Gasteiger partial charge on any atom is 0.231 e. The van der Waals surface area contributed by atoms with E-state index in [4.69, 9.17) is 30.6 Å². The van der Waals surface area contributed by atoms with Crippen molar-refractivity contribution >= 4 is 12.0 Å². The topological polar surface area (TPSA) is 151 Å². The number of carbonyl (C=O) groups is 1. The molecule has 6 rings (SSSR count). The van der Waals surface area contributed by atoms with Gasteiger partial charge in [-0.15, -0.1) is 0 Å². The lowest BCUT2D eigenvalue weighted by Gasteiger charge is -2.54. The number of ether oxygens (including phenoxy) is 4. The zero-order chi connectivity index (χ0) is 26.6. The smallest absolute Gasteiger partial charge is 0.231 e. The van der Waals surface area contributed by atoms with Gasteiger partial charge < -0.3 is 39.9 Å². The number of hydrogen-bond donors (Lipinski definition) is 4.